The molecular formula is C15H22N2O4. The molecule has 2 N–H and O–H groups in total. The first-order valence-corrected chi connectivity index (χ1v) is 7.38. The molecule has 0 heterocycles. The molecule has 0 spiro atoms. The van der Waals surface area contributed by atoms with Gasteiger partial charge in [-0.1, -0.05) is 19.9 Å². The quantitative estimate of drug-likeness (QED) is 0.616. The lowest BCUT2D eigenvalue weighted by Gasteiger charge is -2.41. The summed E-state index contributed by atoms with van der Waals surface area (Å²) in [6.45, 7) is 4.60. The van der Waals surface area contributed by atoms with Gasteiger partial charge in [-0.25, -0.2) is 0 Å². The molecule has 0 amide bonds. The van der Waals surface area contributed by atoms with Crippen LogP contribution in [-0.4, -0.2) is 29.8 Å². The predicted molar refractivity (Wildman–Crippen MR) is 79.5 cm³/mol. The Bertz CT molecular complexity index is 506. The average Bonchev–Trinajstić information content (AvgIpc) is 2.47. The third-order valence-corrected chi connectivity index (χ3v) is 3.71. The lowest BCUT2D eigenvalue weighted by Crippen LogP contribution is -2.59. The molecule has 1 aliphatic rings. The van der Waals surface area contributed by atoms with E-state index in [1.54, 1.807) is 12.1 Å². The van der Waals surface area contributed by atoms with Gasteiger partial charge in [-0.15, -0.1) is 0 Å². The van der Waals surface area contributed by atoms with E-state index in [-0.39, 0.29) is 23.9 Å². The van der Waals surface area contributed by atoms with Crippen LogP contribution >= 0.6 is 0 Å². The van der Waals surface area contributed by atoms with Crippen LogP contribution in [0.3, 0.4) is 0 Å². The van der Waals surface area contributed by atoms with Gasteiger partial charge in [-0.2, -0.15) is 0 Å². The van der Waals surface area contributed by atoms with Crippen LogP contribution in [-0.2, 0) is 11.2 Å². The van der Waals surface area contributed by atoms with E-state index in [0.717, 1.165) is 18.4 Å². The maximum absolute atomic E-state index is 11.2. The van der Waals surface area contributed by atoms with E-state index in [2.05, 4.69) is 0 Å². The van der Waals surface area contributed by atoms with Gasteiger partial charge in [0.25, 0.3) is 0 Å². The van der Waals surface area contributed by atoms with Crippen molar-refractivity contribution in [2.24, 2.45) is 5.73 Å². The zero-order valence-electron chi connectivity index (χ0n) is 12.5. The number of aryl methyl sites for hydroxylation is 1. The van der Waals surface area contributed by atoms with E-state index >= 15 is 0 Å². The Hall–Kier alpha value is -1.66. The molecule has 0 aliphatic heterocycles. The van der Waals surface area contributed by atoms with Gasteiger partial charge in [-0.05, 0) is 24.5 Å². The van der Waals surface area contributed by atoms with Crippen LogP contribution in [0.15, 0.2) is 18.2 Å². The highest BCUT2D eigenvalue weighted by molar-refractivity contribution is 5.49. The molecule has 21 heavy (non-hydrogen) atoms. The maximum atomic E-state index is 11.2. The highest BCUT2D eigenvalue weighted by Crippen LogP contribution is 2.34. The molecule has 116 valence electrons. The molecule has 1 saturated carbocycles. The number of hydrogen-bond donors (Lipinski definition) is 1. The van der Waals surface area contributed by atoms with E-state index in [4.69, 9.17) is 15.2 Å². The fourth-order valence-electron chi connectivity index (χ4n) is 2.40. The Morgan fingerprint density at radius 3 is 2.76 bits per heavy atom. The molecule has 1 fully saturated rings. The summed E-state index contributed by atoms with van der Waals surface area (Å²) in [7, 11) is 0. The van der Waals surface area contributed by atoms with Crippen LogP contribution in [0.2, 0.25) is 0 Å². The average molecular weight is 294 g/mol. The number of nitro groups is 1. The fraction of sp³-hybridized carbons (Fsp3) is 0.600. The van der Waals surface area contributed by atoms with Crippen molar-refractivity contribution in [2.75, 3.05) is 6.61 Å². The van der Waals surface area contributed by atoms with Gasteiger partial charge in [0.15, 0.2) is 5.75 Å². The van der Waals surface area contributed by atoms with Gasteiger partial charge in [0.1, 0.15) is 12.2 Å². The summed E-state index contributed by atoms with van der Waals surface area (Å²) in [5.74, 6) is 0.291. The maximum Gasteiger partial charge on any atom is 0.311 e. The minimum Gasteiger partial charge on any atom is -0.481 e. The zero-order valence-corrected chi connectivity index (χ0v) is 12.5. The predicted octanol–water partition coefficient (Wildman–Crippen LogP) is 2.43. The molecule has 3 unspecified atom stereocenters. The van der Waals surface area contributed by atoms with Crippen LogP contribution in [0.4, 0.5) is 5.69 Å². The SMILES string of the molecule is CCCOC1C(N)CC1Oc1ccc(CC)cc1[N+](=O)[O-]. The second-order valence-corrected chi connectivity index (χ2v) is 5.30. The molecule has 1 aromatic carbocycles. The van der Waals surface area contributed by atoms with Gasteiger partial charge in [0, 0.05) is 25.1 Å². The van der Waals surface area contributed by atoms with Crippen LogP contribution < -0.4 is 10.5 Å². The van der Waals surface area contributed by atoms with Crippen molar-refractivity contribution < 1.29 is 14.4 Å². The summed E-state index contributed by atoms with van der Waals surface area (Å²) >= 11 is 0. The molecule has 0 saturated heterocycles. The van der Waals surface area contributed by atoms with Gasteiger partial charge in [0.05, 0.1) is 4.92 Å². The van der Waals surface area contributed by atoms with Crippen LogP contribution in [0, 0.1) is 10.1 Å². The monoisotopic (exact) mass is 294 g/mol. The topological polar surface area (TPSA) is 87.6 Å². The Balaban J connectivity index is 2.10. The largest absolute Gasteiger partial charge is 0.481 e. The highest BCUT2D eigenvalue weighted by atomic mass is 16.6. The number of rotatable bonds is 7. The van der Waals surface area contributed by atoms with Crippen molar-refractivity contribution in [3.63, 3.8) is 0 Å². The molecule has 6 heteroatoms. The molecule has 0 aromatic heterocycles. The first-order valence-electron chi connectivity index (χ1n) is 7.38. The summed E-state index contributed by atoms with van der Waals surface area (Å²) in [5, 5.41) is 11.2. The normalized spacial score (nSPS) is 24.4. The lowest BCUT2D eigenvalue weighted by atomic mass is 9.86. The zero-order chi connectivity index (χ0) is 15.4. The molecule has 6 nitrogen and oxygen atoms in total. The van der Waals surface area contributed by atoms with E-state index in [1.165, 1.54) is 0 Å². The number of ether oxygens (including phenoxy) is 2. The molecule has 2 rings (SSSR count). The number of hydrogen-bond acceptors (Lipinski definition) is 5. The van der Waals surface area contributed by atoms with Crippen molar-refractivity contribution in [1.82, 2.24) is 0 Å². The summed E-state index contributed by atoms with van der Waals surface area (Å²) < 4.78 is 11.4. The van der Waals surface area contributed by atoms with Gasteiger partial charge >= 0.3 is 5.69 Å². The van der Waals surface area contributed by atoms with Gasteiger partial charge < -0.3 is 15.2 Å². The summed E-state index contributed by atoms with van der Waals surface area (Å²) in [6, 6.07) is 5.02. The van der Waals surface area contributed by atoms with E-state index in [0.29, 0.717) is 18.8 Å². The molecule has 1 aromatic rings. The Morgan fingerprint density at radius 2 is 2.19 bits per heavy atom. The van der Waals surface area contributed by atoms with Crippen LogP contribution in [0.25, 0.3) is 0 Å². The van der Waals surface area contributed by atoms with Crippen molar-refractivity contribution >= 4 is 5.69 Å². The molecule has 3 atom stereocenters. The van der Waals surface area contributed by atoms with Crippen molar-refractivity contribution in [3.8, 4) is 5.75 Å². The van der Waals surface area contributed by atoms with E-state index in [1.807, 2.05) is 19.9 Å². The third-order valence-electron chi connectivity index (χ3n) is 3.71. The Morgan fingerprint density at radius 1 is 1.43 bits per heavy atom. The first kappa shape index (κ1) is 15.7. The van der Waals surface area contributed by atoms with E-state index in [9.17, 15) is 10.1 Å². The third kappa shape index (κ3) is 3.51. The molecular weight excluding hydrogens is 272 g/mol. The molecule has 1 aliphatic carbocycles. The smallest absolute Gasteiger partial charge is 0.311 e. The number of nitrogens with zero attached hydrogens (tertiary/aromatic N) is 1. The number of nitrogens with two attached hydrogens (primary N) is 1. The summed E-state index contributed by atoms with van der Waals surface area (Å²) in [6.07, 6.45) is 1.91. The number of benzene rings is 1. The first-order chi connectivity index (χ1) is 10.1. The fourth-order valence-corrected chi connectivity index (χ4v) is 2.40. The van der Waals surface area contributed by atoms with E-state index < -0.39 is 4.92 Å². The van der Waals surface area contributed by atoms with Crippen LogP contribution in [0.5, 0.6) is 5.75 Å². The number of nitro benzene ring substituents is 1. The molecule has 0 bridgehead atoms. The summed E-state index contributed by atoms with van der Waals surface area (Å²) in [4.78, 5) is 10.8. The second-order valence-electron chi connectivity index (χ2n) is 5.30. The Kier molecular flexibility index (Phi) is 5.14. The van der Waals surface area contributed by atoms with Crippen molar-refractivity contribution in [3.05, 3.63) is 33.9 Å². The minimum atomic E-state index is -0.408. The standard InChI is InChI=1S/C15H22N2O4/c1-3-7-20-15-11(16)9-14(15)21-13-6-5-10(4-2)8-12(13)17(18)19/h5-6,8,11,14-15H,3-4,7,9,16H2,1-2H3. The lowest BCUT2D eigenvalue weighted by molar-refractivity contribution is -0.386. The summed E-state index contributed by atoms with van der Waals surface area (Å²) in [5.41, 5.74) is 6.83. The molecule has 0 radical (unpaired) electrons. The van der Waals surface area contributed by atoms with Gasteiger partial charge in [0.2, 0.25) is 0 Å². The van der Waals surface area contributed by atoms with Crippen molar-refractivity contribution in [2.45, 2.75) is 51.4 Å². The highest BCUT2D eigenvalue weighted by Gasteiger charge is 2.42. The van der Waals surface area contributed by atoms with Crippen molar-refractivity contribution in [1.29, 1.82) is 0 Å². The van der Waals surface area contributed by atoms with Crippen LogP contribution in [0.1, 0.15) is 32.3 Å². The minimum absolute atomic E-state index is 0.00376. The second kappa shape index (κ2) is 6.87. The Labute approximate surface area is 124 Å². The van der Waals surface area contributed by atoms with Gasteiger partial charge in [-0.3, -0.25) is 10.1 Å².